The zero-order valence-electron chi connectivity index (χ0n) is 9.27. The zero-order valence-corrected chi connectivity index (χ0v) is 10.1. The van der Waals surface area contributed by atoms with E-state index in [9.17, 15) is 8.42 Å². The Labute approximate surface area is 94.9 Å². The Morgan fingerprint density at radius 3 is 2.75 bits per heavy atom. The van der Waals surface area contributed by atoms with Crippen molar-refractivity contribution in [3.8, 4) is 0 Å². The van der Waals surface area contributed by atoms with Gasteiger partial charge in [0.1, 0.15) is 0 Å². The van der Waals surface area contributed by atoms with Gasteiger partial charge in [0.25, 0.3) is 0 Å². The lowest BCUT2D eigenvalue weighted by atomic mass is 10.2. The maximum atomic E-state index is 11.4. The van der Waals surface area contributed by atoms with Gasteiger partial charge in [-0.2, -0.15) is 0 Å². The Hall–Kier alpha value is -1.49. The second kappa shape index (κ2) is 3.83. The summed E-state index contributed by atoms with van der Waals surface area (Å²) < 4.78 is 24.4. The summed E-state index contributed by atoms with van der Waals surface area (Å²) >= 11 is 0. The van der Waals surface area contributed by atoms with Crippen molar-refractivity contribution in [1.29, 1.82) is 0 Å². The minimum Gasteiger partial charge on any atom is -0.254 e. The van der Waals surface area contributed by atoms with Gasteiger partial charge in [-0.05, 0) is 32.0 Å². The third-order valence-corrected chi connectivity index (χ3v) is 3.70. The van der Waals surface area contributed by atoms with Crippen molar-refractivity contribution in [1.82, 2.24) is 4.68 Å². The van der Waals surface area contributed by atoms with E-state index < -0.39 is 10.0 Å². The molecule has 2 rings (SSSR count). The summed E-state index contributed by atoms with van der Waals surface area (Å²) in [5.74, 6) is 0.0680. The lowest BCUT2D eigenvalue weighted by molar-refractivity contribution is 0.597. The van der Waals surface area contributed by atoms with Crippen molar-refractivity contribution in [3.05, 3.63) is 36.0 Å². The van der Waals surface area contributed by atoms with Gasteiger partial charge in [-0.3, -0.25) is 4.68 Å². The average molecular weight is 238 g/mol. The van der Waals surface area contributed by atoms with Gasteiger partial charge in [0.2, 0.25) is 10.0 Å². The summed E-state index contributed by atoms with van der Waals surface area (Å²) in [6, 6.07) is 7.77. The van der Waals surface area contributed by atoms with E-state index in [2.05, 4.69) is 4.83 Å². The van der Waals surface area contributed by atoms with Gasteiger partial charge in [0.05, 0.1) is 11.3 Å². The topological polar surface area (TPSA) is 51.1 Å². The number of fused-ring (bicyclic) bond motifs is 1. The van der Waals surface area contributed by atoms with Crippen LogP contribution < -0.4 is 4.83 Å². The Morgan fingerprint density at radius 2 is 2.06 bits per heavy atom. The van der Waals surface area contributed by atoms with Crippen molar-refractivity contribution in [3.63, 3.8) is 0 Å². The van der Waals surface area contributed by atoms with E-state index in [0.717, 1.165) is 16.5 Å². The van der Waals surface area contributed by atoms with Crippen LogP contribution in [0.4, 0.5) is 0 Å². The Morgan fingerprint density at radius 1 is 1.31 bits per heavy atom. The van der Waals surface area contributed by atoms with Crippen LogP contribution in [0.15, 0.2) is 30.5 Å². The second-order valence-corrected chi connectivity index (χ2v) is 5.73. The molecule has 0 spiro atoms. The maximum absolute atomic E-state index is 11.4. The summed E-state index contributed by atoms with van der Waals surface area (Å²) in [7, 11) is -3.23. The lowest BCUT2D eigenvalue weighted by Crippen LogP contribution is -2.23. The van der Waals surface area contributed by atoms with Gasteiger partial charge in [-0.1, -0.05) is 11.6 Å². The van der Waals surface area contributed by atoms with Crippen molar-refractivity contribution in [2.24, 2.45) is 0 Å². The molecule has 16 heavy (non-hydrogen) atoms. The van der Waals surface area contributed by atoms with Gasteiger partial charge in [0, 0.05) is 11.6 Å². The summed E-state index contributed by atoms with van der Waals surface area (Å²) in [6.07, 6.45) is 1.72. The molecule has 0 bridgehead atoms. The monoisotopic (exact) mass is 238 g/mol. The van der Waals surface area contributed by atoms with Crippen molar-refractivity contribution in [2.45, 2.75) is 13.8 Å². The zero-order chi connectivity index (χ0) is 11.8. The summed E-state index contributed by atoms with van der Waals surface area (Å²) in [5.41, 5.74) is 2.02. The van der Waals surface area contributed by atoms with Gasteiger partial charge in [-0.25, -0.2) is 13.2 Å². The van der Waals surface area contributed by atoms with Crippen molar-refractivity contribution in [2.75, 3.05) is 10.6 Å². The van der Waals surface area contributed by atoms with Gasteiger partial charge >= 0.3 is 0 Å². The number of rotatable bonds is 3. The number of hydrogen-bond acceptors (Lipinski definition) is 2. The first-order valence-electron chi connectivity index (χ1n) is 5.10. The number of nitrogens with one attached hydrogen (secondary N) is 1. The average Bonchev–Trinajstić information content (AvgIpc) is 2.60. The normalized spacial score (nSPS) is 11.9. The highest BCUT2D eigenvalue weighted by Gasteiger charge is 2.08. The van der Waals surface area contributed by atoms with Crippen LogP contribution in [0.25, 0.3) is 10.9 Å². The molecule has 0 aliphatic carbocycles. The van der Waals surface area contributed by atoms with E-state index in [0.29, 0.717) is 0 Å². The summed E-state index contributed by atoms with van der Waals surface area (Å²) in [5, 5.41) is 1.03. The first-order chi connectivity index (χ1) is 7.52. The smallest absolute Gasteiger partial charge is 0.245 e. The second-order valence-electron chi connectivity index (χ2n) is 3.74. The van der Waals surface area contributed by atoms with Crippen LogP contribution in [0.3, 0.4) is 0 Å². The predicted molar refractivity (Wildman–Crippen MR) is 65.5 cm³/mol. The molecule has 0 saturated carbocycles. The molecule has 1 N–H and O–H groups in total. The predicted octanol–water partition coefficient (Wildman–Crippen LogP) is 1.84. The van der Waals surface area contributed by atoms with Crippen LogP contribution in [0.1, 0.15) is 12.5 Å². The van der Waals surface area contributed by atoms with Crippen molar-refractivity contribution < 1.29 is 8.42 Å². The number of aromatic nitrogens is 1. The van der Waals surface area contributed by atoms with Gasteiger partial charge in [0.15, 0.2) is 0 Å². The highest BCUT2D eigenvalue weighted by Crippen LogP contribution is 2.16. The molecule has 4 nitrogen and oxygen atoms in total. The Bertz CT molecular complexity index is 614. The van der Waals surface area contributed by atoms with E-state index in [1.165, 1.54) is 4.68 Å². The maximum Gasteiger partial charge on any atom is 0.245 e. The Kier molecular flexibility index (Phi) is 2.63. The first kappa shape index (κ1) is 11.0. The molecule has 1 aromatic carbocycles. The molecule has 0 unspecified atom stereocenters. The van der Waals surface area contributed by atoms with E-state index in [1.807, 2.05) is 31.2 Å². The molecule has 0 aliphatic heterocycles. The number of benzene rings is 1. The third kappa shape index (κ3) is 2.04. The minimum atomic E-state index is -3.23. The van der Waals surface area contributed by atoms with E-state index in [1.54, 1.807) is 13.1 Å². The molecule has 5 heteroatoms. The number of nitrogens with zero attached hydrogens (tertiary/aromatic N) is 1. The molecule has 0 aliphatic rings. The highest BCUT2D eigenvalue weighted by molar-refractivity contribution is 7.92. The van der Waals surface area contributed by atoms with Crippen LogP contribution in [0.2, 0.25) is 0 Å². The molecule has 0 saturated heterocycles. The van der Waals surface area contributed by atoms with E-state index >= 15 is 0 Å². The number of aryl methyl sites for hydroxylation is 1. The fourth-order valence-electron chi connectivity index (χ4n) is 1.56. The van der Waals surface area contributed by atoms with Gasteiger partial charge < -0.3 is 0 Å². The number of sulfonamides is 1. The minimum absolute atomic E-state index is 0.0680. The molecule has 86 valence electrons. The Balaban J connectivity index is 2.47. The van der Waals surface area contributed by atoms with Crippen LogP contribution in [-0.2, 0) is 10.0 Å². The van der Waals surface area contributed by atoms with Crippen LogP contribution in [0.5, 0.6) is 0 Å². The van der Waals surface area contributed by atoms with Crippen LogP contribution in [0, 0.1) is 6.92 Å². The lowest BCUT2D eigenvalue weighted by Gasteiger charge is -2.08. The summed E-state index contributed by atoms with van der Waals surface area (Å²) in [6.45, 7) is 3.62. The third-order valence-electron chi connectivity index (χ3n) is 2.46. The largest absolute Gasteiger partial charge is 0.254 e. The first-order valence-corrected chi connectivity index (χ1v) is 6.75. The van der Waals surface area contributed by atoms with Crippen LogP contribution in [-0.4, -0.2) is 18.8 Å². The fourth-order valence-corrected chi connectivity index (χ4v) is 2.14. The molecule has 1 heterocycles. The van der Waals surface area contributed by atoms with Gasteiger partial charge in [-0.15, -0.1) is 0 Å². The molecule has 0 radical (unpaired) electrons. The van der Waals surface area contributed by atoms with Crippen LogP contribution >= 0.6 is 0 Å². The van der Waals surface area contributed by atoms with E-state index in [-0.39, 0.29) is 5.75 Å². The molecule has 0 atom stereocenters. The van der Waals surface area contributed by atoms with E-state index in [4.69, 9.17) is 0 Å². The molecular formula is C11H14N2O2S. The van der Waals surface area contributed by atoms with Crippen molar-refractivity contribution >= 4 is 20.9 Å². The fraction of sp³-hybridized carbons (Fsp3) is 0.273. The quantitative estimate of drug-likeness (QED) is 0.887. The molecule has 0 fully saturated rings. The molecule has 1 aromatic heterocycles. The molecular weight excluding hydrogens is 224 g/mol. The number of hydrogen-bond donors (Lipinski definition) is 1. The SMILES string of the molecule is CCS(=O)(=O)Nn1ccc2cc(C)ccc21. The molecule has 0 amide bonds. The molecule has 2 aromatic rings. The standard InChI is InChI=1S/C11H14N2O2S/c1-3-16(14,15)12-13-7-6-10-8-9(2)4-5-11(10)13/h4-8,12H,3H2,1-2H3. The summed E-state index contributed by atoms with van der Waals surface area (Å²) in [4.78, 5) is 2.50. The highest BCUT2D eigenvalue weighted by atomic mass is 32.2.